The Morgan fingerprint density at radius 3 is 2.80 bits per heavy atom. The lowest BCUT2D eigenvalue weighted by Gasteiger charge is -1.99. The fourth-order valence-electron chi connectivity index (χ4n) is 1.12. The molecule has 0 amide bonds. The Morgan fingerprint density at radius 2 is 2.13 bits per heavy atom. The Bertz CT molecular complexity index is 542. The Kier molecular flexibility index (Phi) is 3.14. The van der Waals surface area contributed by atoms with Crippen molar-refractivity contribution in [2.45, 2.75) is 0 Å². The fourth-order valence-corrected chi connectivity index (χ4v) is 2.20. The molecule has 0 aliphatic carbocycles. The van der Waals surface area contributed by atoms with Crippen molar-refractivity contribution in [3.8, 4) is 0 Å². The van der Waals surface area contributed by atoms with E-state index in [1.165, 1.54) is 0 Å². The molecule has 0 bridgehead atoms. The van der Waals surface area contributed by atoms with Gasteiger partial charge in [0.05, 0.1) is 15.7 Å². The lowest BCUT2D eigenvalue weighted by Crippen LogP contribution is -2.07. The van der Waals surface area contributed by atoms with Crippen LogP contribution in [0.4, 0.5) is 5.69 Å². The third kappa shape index (κ3) is 2.25. The van der Waals surface area contributed by atoms with E-state index in [0.29, 0.717) is 15.7 Å². The van der Waals surface area contributed by atoms with Gasteiger partial charge in [0.2, 0.25) is 0 Å². The lowest BCUT2D eigenvalue weighted by atomic mass is 10.3. The third-order valence-corrected chi connectivity index (χ3v) is 3.56. The van der Waals surface area contributed by atoms with Gasteiger partial charge in [-0.3, -0.25) is 0 Å². The first-order valence-electron chi connectivity index (χ1n) is 4.27. The second kappa shape index (κ2) is 4.39. The van der Waals surface area contributed by atoms with Crippen molar-refractivity contribution in [3.63, 3.8) is 0 Å². The predicted octanol–water partition coefficient (Wildman–Crippen LogP) is 3.63. The van der Waals surface area contributed by atoms with Gasteiger partial charge in [-0.25, -0.2) is 4.99 Å². The first-order valence-corrected chi connectivity index (χ1v) is 5.91. The SMILES string of the molecule is Cn1ccsc1=Nc1cccc(Cl)c1Cl. The number of thiazole rings is 1. The summed E-state index contributed by atoms with van der Waals surface area (Å²) in [6.45, 7) is 0. The molecule has 1 heterocycles. The number of hydrogen-bond donors (Lipinski definition) is 0. The molecule has 15 heavy (non-hydrogen) atoms. The molecule has 0 saturated heterocycles. The summed E-state index contributed by atoms with van der Waals surface area (Å²) < 4.78 is 1.93. The monoisotopic (exact) mass is 258 g/mol. The molecular formula is C10H8Cl2N2S. The molecule has 0 aliphatic heterocycles. The summed E-state index contributed by atoms with van der Waals surface area (Å²) in [5.74, 6) is 0. The zero-order valence-electron chi connectivity index (χ0n) is 7.95. The highest BCUT2D eigenvalue weighted by Crippen LogP contribution is 2.31. The van der Waals surface area contributed by atoms with Crippen LogP contribution in [-0.2, 0) is 7.05 Å². The van der Waals surface area contributed by atoms with Gasteiger partial charge in [-0.1, -0.05) is 29.3 Å². The van der Waals surface area contributed by atoms with E-state index in [9.17, 15) is 0 Å². The second-order valence-corrected chi connectivity index (χ2v) is 4.64. The van der Waals surface area contributed by atoms with Crippen LogP contribution < -0.4 is 4.80 Å². The maximum Gasteiger partial charge on any atom is 0.189 e. The van der Waals surface area contributed by atoms with Crippen LogP contribution in [0.2, 0.25) is 10.0 Å². The van der Waals surface area contributed by atoms with E-state index in [1.807, 2.05) is 35.3 Å². The van der Waals surface area contributed by atoms with Crippen molar-refractivity contribution < 1.29 is 0 Å². The lowest BCUT2D eigenvalue weighted by molar-refractivity contribution is 0.874. The van der Waals surface area contributed by atoms with Crippen molar-refractivity contribution in [1.82, 2.24) is 4.57 Å². The molecule has 0 spiro atoms. The van der Waals surface area contributed by atoms with E-state index >= 15 is 0 Å². The van der Waals surface area contributed by atoms with Crippen molar-refractivity contribution in [2.75, 3.05) is 0 Å². The quantitative estimate of drug-likeness (QED) is 0.744. The summed E-state index contributed by atoms with van der Waals surface area (Å²) in [6.07, 6.45) is 1.95. The van der Waals surface area contributed by atoms with E-state index in [0.717, 1.165) is 4.80 Å². The maximum atomic E-state index is 6.03. The molecule has 0 aliphatic rings. The summed E-state index contributed by atoms with van der Waals surface area (Å²) >= 11 is 13.5. The first-order chi connectivity index (χ1) is 7.18. The number of aryl methyl sites for hydroxylation is 1. The molecule has 78 valence electrons. The standard InChI is InChI=1S/C10H8Cl2N2S/c1-14-5-6-15-10(14)13-8-4-2-3-7(11)9(8)12/h2-6H,1H3. The van der Waals surface area contributed by atoms with Gasteiger partial charge in [0.25, 0.3) is 0 Å². The summed E-state index contributed by atoms with van der Waals surface area (Å²) in [5.41, 5.74) is 0.696. The Balaban J connectivity index is 2.58. The van der Waals surface area contributed by atoms with Crippen molar-refractivity contribution in [2.24, 2.45) is 12.0 Å². The summed E-state index contributed by atoms with van der Waals surface area (Å²) in [6, 6.07) is 5.42. The van der Waals surface area contributed by atoms with E-state index in [4.69, 9.17) is 23.2 Å². The Morgan fingerprint density at radius 1 is 1.33 bits per heavy atom. The maximum absolute atomic E-state index is 6.03. The zero-order chi connectivity index (χ0) is 10.8. The molecule has 0 N–H and O–H groups in total. The van der Waals surface area contributed by atoms with Gasteiger partial charge in [-0.05, 0) is 12.1 Å². The molecule has 0 saturated carbocycles. The molecule has 5 heteroatoms. The molecule has 0 radical (unpaired) electrons. The average Bonchev–Trinajstić information content (AvgIpc) is 2.60. The van der Waals surface area contributed by atoms with E-state index in [2.05, 4.69) is 4.99 Å². The number of benzene rings is 1. The molecule has 0 unspecified atom stereocenters. The first kappa shape index (κ1) is 10.7. The van der Waals surface area contributed by atoms with Crippen LogP contribution in [0.1, 0.15) is 0 Å². The molecule has 0 fully saturated rings. The van der Waals surface area contributed by atoms with Gasteiger partial charge < -0.3 is 4.57 Å². The van der Waals surface area contributed by atoms with Gasteiger partial charge in [0.15, 0.2) is 4.80 Å². The summed E-state index contributed by atoms with van der Waals surface area (Å²) in [7, 11) is 1.94. The topological polar surface area (TPSA) is 17.3 Å². The summed E-state index contributed by atoms with van der Waals surface area (Å²) in [5, 5.41) is 2.99. The van der Waals surface area contributed by atoms with Crippen LogP contribution in [0.5, 0.6) is 0 Å². The predicted molar refractivity (Wildman–Crippen MR) is 65.0 cm³/mol. The highest BCUT2D eigenvalue weighted by molar-refractivity contribution is 7.07. The zero-order valence-corrected chi connectivity index (χ0v) is 10.3. The molecule has 1 aromatic heterocycles. The van der Waals surface area contributed by atoms with Crippen LogP contribution in [0, 0.1) is 0 Å². The van der Waals surface area contributed by atoms with Crippen molar-refractivity contribution >= 4 is 40.2 Å². The minimum atomic E-state index is 0.493. The normalized spacial score (nSPS) is 12.1. The van der Waals surface area contributed by atoms with E-state index in [1.54, 1.807) is 17.4 Å². The largest absolute Gasteiger partial charge is 0.327 e. The second-order valence-electron chi connectivity index (χ2n) is 2.98. The number of nitrogens with zero attached hydrogens (tertiary/aromatic N) is 2. The van der Waals surface area contributed by atoms with Crippen molar-refractivity contribution in [1.29, 1.82) is 0 Å². The molecular weight excluding hydrogens is 251 g/mol. The molecule has 2 aromatic rings. The van der Waals surface area contributed by atoms with E-state index < -0.39 is 0 Å². The van der Waals surface area contributed by atoms with Crippen LogP contribution in [-0.4, -0.2) is 4.57 Å². The number of rotatable bonds is 1. The average molecular weight is 259 g/mol. The number of hydrogen-bond acceptors (Lipinski definition) is 2. The molecule has 1 aromatic carbocycles. The highest BCUT2D eigenvalue weighted by Gasteiger charge is 2.02. The van der Waals surface area contributed by atoms with Gasteiger partial charge in [0, 0.05) is 18.6 Å². The van der Waals surface area contributed by atoms with Crippen LogP contribution in [0.3, 0.4) is 0 Å². The fraction of sp³-hybridized carbons (Fsp3) is 0.100. The van der Waals surface area contributed by atoms with Crippen LogP contribution in [0.15, 0.2) is 34.8 Å². The van der Waals surface area contributed by atoms with Crippen LogP contribution >= 0.6 is 34.5 Å². The Labute approximate surface area is 101 Å². The van der Waals surface area contributed by atoms with Gasteiger partial charge in [-0.15, -0.1) is 11.3 Å². The smallest absolute Gasteiger partial charge is 0.189 e. The Hall–Kier alpha value is -0.770. The van der Waals surface area contributed by atoms with Crippen LogP contribution in [0.25, 0.3) is 0 Å². The minimum absolute atomic E-state index is 0.493. The molecule has 2 rings (SSSR count). The molecule has 2 nitrogen and oxygen atoms in total. The molecule has 0 atom stereocenters. The summed E-state index contributed by atoms with van der Waals surface area (Å²) in [4.78, 5) is 5.31. The number of aromatic nitrogens is 1. The number of halogens is 2. The third-order valence-electron chi connectivity index (χ3n) is 1.91. The minimum Gasteiger partial charge on any atom is -0.327 e. The highest BCUT2D eigenvalue weighted by atomic mass is 35.5. The van der Waals surface area contributed by atoms with E-state index in [-0.39, 0.29) is 0 Å². The van der Waals surface area contributed by atoms with Gasteiger partial charge >= 0.3 is 0 Å². The van der Waals surface area contributed by atoms with Gasteiger partial charge in [0.1, 0.15) is 0 Å². The van der Waals surface area contributed by atoms with Gasteiger partial charge in [-0.2, -0.15) is 0 Å². The van der Waals surface area contributed by atoms with Crippen molar-refractivity contribution in [3.05, 3.63) is 44.6 Å².